The minimum Gasteiger partial charge on any atom is -0.309 e. The second-order valence-electron chi connectivity index (χ2n) is 18.0. The first-order valence-corrected chi connectivity index (χ1v) is 23.7. The topological polar surface area (TPSA) is 58.4 Å². The van der Waals surface area contributed by atoms with Crippen LogP contribution in [0.5, 0.6) is 0 Å². The molecular formula is C63H39N7. The van der Waals surface area contributed by atoms with E-state index in [2.05, 4.69) is 218 Å². The Morgan fingerprint density at radius 2 is 0.629 bits per heavy atom. The van der Waals surface area contributed by atoms with Crippen molar-refractivity contribution in [3.63, 3.8) is 0 Å². The molecule has 5 aromatic heterocycles. The van der Waals surface area contributed by atoms with E-state index in [0.29, 0.717) is 17.6 Å². The molecule has 0 N–H and O–H groups in total. The molecule has 7 nitrogen and oxygen atoms in total. The first-order chi connectivity index (χ1) is 34.8. The van der Waals surface area contributed by atoms with Crippen molar-refractivity contribution in [3.8, 4) is 45.8 Å². The van der Waals surface area contributed by atoms with Crippen LogP contribution in [0, 0.1) is 0 Å². The van der Waals surface area contributed by atoms with Crippen LogP contribution in [0.1, 0.15) is 0 Å². The van der Waals surface area contributed by atoms with E-state index in [1.807, 2.05) is 36.4 Å². The second kappa shape index (κ2) is 15.0. The number of hydrogen-bond donors (Lipinski definition) is 0. The molecule has 0 atom stereocenters. The second-order valence-corrected chi connectivity index (χ2v) is 18.0. The molecule has 0 fully saturated rings. The van der Waals surface area contributed by atoms with Crippen LogP contribution in [-0.4, -0.2) is 33.2 Å². The van der Waals surface area contributed by atoms with E-state index in [0.717, 1.165) is 77.3 Å². The van der Waals surface area contributed by atoms with Gasteiger partial charge in [0.15, 0.2) is 11.6 Å². The Balaban J connectivity index is 1.01. The Labute approximate surface area is 401 Å². The lowest BCUT2D eigenvalue weighted by Crippen LogP contribution is -2.06. The summed E-state index contributed by atoms with van der Waals surface area (Å²) in [6.07, 6.45) is 0. The Bertz CT molecular complexity index is 4520. The highest BCUT2D eigenvalue weighted by Gasteiger charge is 2.25. The van der Waals surface area contributed by atoms with Gasteiger partial charge in [-0.3, -0.25) is 4.57 Å². The zero-order chi connectivity index (χ0) is 45.9. The predicted molar refractivity (Wildman–Crippen MR) is 288 cm³/mol. The van der Waals surface area contributed by atoms with Crippen LogP contribution in [0.2, 0.25) is 0 Å². The Kier molecular flexibility index (Phi) is 8.23. The lowest BCUT2D eigenvalue weighted by atomic mass is 10.1. The molecule has 15 rings (SSSR count). The molecule has 5 heterocycles. The smallest absolute Gasteiger partial charge is 0.238 e. The number of fused-ring (bicyclic) bond motifs is 14. The summed E-state index contributed by atoms with van der Waals surface area (Å²) in [7, 11) is 0. The van der Waals surface area contributed by atoms with E-state index < -0.39 is 0 Å². The van der Waals surface area contributed by atoms with Gasteiger partial charge in [0.25, 0.3) is 0 Å². The SMILES string of the molecule is c1ccc(-c2nc(-c3ccccc3)nc(-n3c4ccccc4c4ccc5c(c6ccccc6n5-c5cccc(-n6c7ccccc7c7ccc8c(c9ccccc9n8-c8ccccc8)c76)c5)c43)n2)cc1. The minimum absolute atomic E-state index is 0.566. The number of nitrogens with zero attached hydrogens (tertiary/aromatic N) is 7. The maximum Gasteiger partial charge on any atom is 0.238 e. The number of aromatic nitrogens is 7. The van der Waals surface area contributed by atoms with E-state index in [1.54, 1.807) is 0 Å². The normalized spacial score (nSPS) is 12.0. The van der Waals surface area contributed by atoms with Crippen molar-refractivity contribution in [2.45, 2.75) is 0 Å². The number of benzene rings is 10. The molecule has 0 amide bonds. The van der Waals surface area contributed by atoms with E-state index in [1.165, 1.54) is 38.1 Å². The number of rotatable bonds is 6. The van der Waals surface area contributed by atoms with Crippen molar-refractivity contribution < 1.29 is 0 Å². The fourth-order valence-electron chi connectivity index (χ4n) is 11.3. The standard InChI is InChI=1S/C63H39N7/c1-4-19-40(20-5-1)61-64-62(41-21-6-2-7-22-41)66-63(65-61)70-52-32-15-11-28-46(52)48-36-38-56-58(60(48)70)50-30-13-17-34-54(50)68(56)43-25-18-26-44(39-43)69-51-31-14-10-27-45(51)47-35-37-55-57(59(47)69)49-29-12-16-33-53(49)67(55)42-23-8-3-9-24-42/h1-39H. The Morgan fingerprint density at radius 3 is 1.16 bits per heavy atom. The van der Waals surface area contributed by atoms with Crippen molar-refractivity contribution in [1.29, 1.82) is 0 Å². The highest BCUT2D eigenvalue weighted by atomic mass is 15.2. The van der Waals surface area contributed by atoms with Gasteiger partial charge in [0.05, 0.1) is 44.1 Å². The lowest BCUT2D eigenvalue weighted by Gasteiger charge is -2.14. The van der Waals surface area contributed by atoms with Gasteiger partial charge < -0.3 is 13.7 Å². The van der Waals surface area contributed by atoms with Crippen molar-refractivity contribution >= 4 is 87.2 Å². The largest absolute Gasteiger partial charge is 0.309 e. The molecule has 0 aliphatic carbocycles. The summed E-state index contributed by atoms with van der Waals surface area (Å²) in [5.41, 5.74) is 14.1. The molecule has 326 valence electrons. The van der Waals surface area contributed by atoms with Crippen LogP contribution in [0.25, 0.3) is 133 Å². The van der Waals surface area contributed by atoms with Gasteiger partial charge in [-0.1, -0.05) is 170 Å². The molecular weight excluding hydrogens is 855 g/mol. The summed E-state index contributed by atoms with van der Waals surface area (Å²) in [6, 6.07) is 84.4. The van der Waals surface area contributed by atoms with Crippen LogP contribution in [0.4, 0.5) is 0 Å². The van der Waals surface area contributed by atoms with Crippen LogP contribution < -0.4 is 0 Å². The minimum atomic E-state index is 0.566. The van der Waals surface area contributed by atoms with Crippen LogP contribution in [0.3, 0.4) is 0 Å². The average Bonchev–Trinajstić information content (AvgIpc) is 4.17. The summed E-state index contributed by atoms with van der Waals surface area (Å²) in [5.74, 6) is 1.80. The van der Waals surface area contributed by atoms with Gasteiger partial charge >= 0.3 is 0 Å². The molecule has 0 aliphatic rings. The molecule has 0 saturated heterocycles. The van der Waals surface area contributed by atoms with Gasteiger partial charge in [-0.05, 0) is 66.7 Å². The van der Waals surface area contributed by atoms with Crippen molar-refractivity contribution in [2.24, 2.45) is 0 Å². The summed E-state index contributed by atoms with van der Waals surface area (Å²) in [4.78, 5) is 15.7. The van der Waals surface area contributed by atoms with Crippen molar-refractivity contribution in [2.75, 3.05) is 0 Å². The average molecular weight is 894 g/mol. The summed E-state index contributed by atoms with van der Waals surface area (Å²) in [6.45, 7) is 0. The highest BCUT2D eigenvalue weighted by Crippen LogP contribution is 2.45. The highest BCUT2D eigenvalue weighted by molar-refractivity contribution is 6.27. The van der Waals surface area contributed by atoms with Gasteiger partial charge in [-0.2, -0.15) is 9.97 Å². The molecule has 0 aliphatic heterocycles. The molecule has 0 radical (unpaired) electrons. The maximum absolute atomic E-state index is 5.30. The van der Waals surface area contributed by atoms with Crippen LogP contribution >= 0.6 is 0 Å². The third-order valence-corrected chi connectivity index (χ3v) is 14.2. The molecule has 0 spiro atoms. The number of para-hydroxylation sites is 5. The third-order valence-electron chi connectivity index (χ3n) is 14.2. The molecule has 15 aromatic rings. The van der Waals surface area contributed by atoms with E-state index >= 15 is 0 Å². The van der Waals surface area contributed by atoms with Gasteiger partial charge in [0.2, 0.25) is 5.95 Å². The monoisotopic (exact) mass is 893 g/mol. The van der Waals surface area contributed by atoms with Crippen LogP contribution in [0.15, 0.2) is 237 Å². The molecule has 0 saturated carbocycles. The van der Waals surface area contributed by atoms with Gasteiger partial charge in [0.1, 0.15) is 0 Å². The van der Waals surface area contributed by atoms with Crippen LogP contribution in [-0.2, 0) is 0 Å². The molecule has 7 heteroatoms. The number of hydrogen-bond acceptors (Lipinski definition) is 3. The zero-order valence-corrected chi connectivity index (χ0v) is 37.6. The third kappa shape index (κ3) is 5.54. The van der Waals surface area contributed by atoms with Crippen molar-refractivity contribution in [3.05, 3.63) is 237 Å². The van der Waals surface area contributed by atoms with Gasteiger partial charge in [-0.15, -0.1) is 0 Å². The summed E-state index contributed by atoms with van der Waals surface area (Å²) >= 11 is 0. The lowest BCUT2D eigenvalue weighted by molar-refractivity contribution is 0.955. The van der Waals surface area contributed by atoms with E-state index in [4.69, 9.17) is 15.0 Å². The Morgan fingerprint density at radius 1 is 0.243 bits per heavy atom. The molecule has 0 bridgehead atoms. The Hall–Kier alpha value is -9.59. The summed E-state index contributed by atoms with van der Waals surface area (Å²) < 4.78 is 9.58. The van der Waals surface area contributed by atoms with E-state index in [-0.39, 0.29) is 0 Å². The molecule has 0 unspecified atom stereocenters. The summed E-state index contributed by atoms with van der Waals surface area (Å²) in [5, 5.41) is 9.43. The van der Waals surface area contributed by atoms with Crippen molar-refractivity contribution in [1.82, 2.24) is 33.2 Å². The van der Waals surface area contributed by atoms with Gasteiger partial charge in [-0.25, -0.2) is 4.98 Å². The fraction of sp³-hybridized carbons (Fsp3) is 0. The molecule has 70 heavy (non-hydrogen) atoms. The van der Waals surface area contributed by atoms with E-state index in [9.17, 15) is 0 Å². The quantitative estimate of drug-likeness (QED) is 0.167. The first kappa shape index (κ1) is 38.5. The predicted octanol–water partition coefficient (Wildman–Crippen LogP) is 15.6. The fourth-order valence-corrected chi connectivity index (χ4v) is 11.3. The molecule has 10 aromatic carbocycles. The first-order valence-electron chi connectivity index (χ1n) is 23.7. The maximum atomic E-state index is 5.30. The zero-order valence-electron chi connectivity index (χ0n) is 37.6. The van der Waals surface area contributed by atoms with Gasteiger partial charge in [0, 0.05) is 71.3 Å².